The zero-order valence-corrected chi connectivity index (χ0v) is 15.6. The monoisotopic (exact) mass is 365 g/mol. The number of carbonyl (C=O) groups is 1. The number of hydrogen-bond donors (Lipinski definition) is 2. The van der Waals surface area contributed by atoms with Crippen molar-refractivity contribution >= 4 is 15.9 Å². The molecule has 7 heteroatoms. The van der Waals surface area contributed by atoms with Gasteiger partial charge in [0.1, 0.15) is 0 Å². The summed E-state index contributed by atoms with van der Waals surface area (Å²) < 4.78 is 28.3. The van der Waals surface area contributed by atoms with Crippen LogP contribution in [0.5, 0.6) is 0 Å². The molecule has 25 heavy (non-hydrogen) atoms. The number of aryl methyl sites for hydroxylation is 1. The van der Waals surface area contributed by atoms with E-state index in [0.717, 1.165) is 45.2 Å². The van der Waals surface area contributed by atoms with Crippen LogP contribution in [-0.4, -0.2) is 51.4 Å². The number of hydrogen-bond acceptors (Lipinski definition) is 4. The van der Waals surface area contributed by atoms with E-state index >= 15 is 0 Å². The third-order valence-corrected chi connectivity index (χ3v) is 6.69. The Morgan fingerprint density at radius 3 is 2.68 bits per heavy atom. The smallest absolute Gasteiger partial charge is 0.253 e. The summed E-state index contributed by atoms with van der Waals surface area (Å²) >= 11 is 0. The van der Waals surface area contributed by atoms with Gasteiger partial charge in [-0.2, -0.15) is 0 Å². The minimum absolute atomic E-state index is 0.0143. The maximum Gasteiger partial charge on any atom is 0.253 e. The van der Waals surface area contributed by atoms with Gasteiger partial charge in [0.2, 0.25) is 10.0 Å². The number of nitrogens with one attached hydrogen (secondary N) is 2. The van der Waals surface area contributed by atoms with Crippen LogP contribution in [0.4, 0.5) is 0 Å². The van der Waals surface area contributed by atoms with Gasteiger partial charge in [0, 0.05) is 31.2 Å². The largest absolute Gasteiger partial charge is 0.337 e. The lowest BCUT2D eigenvalue weighted by Gasteiger charge is -2.21. The van der Waals surface area contributed by atoms with E-state index < -0.39 is 10.0 Å². The summed E-state index contributed by atoms with van der Waals surface area (Å²) in [6.07, 6.45) is 4.81. The lowest BCUT2D eigenvalue weighted by Crippen LogP contribution is -2.35. The zero-order valence-electron chi connectivity index (χ0n) is 14.8. The maximum atomic E-state index is 12.8. The SMILES string of the molecule is Cc1ccc(C(=O)N2CCCNCC2)cc1S(=O)(=O)NC1CCCC1. The van der Waals surface area contributed by atoms with Gasteiger partial charge in [0.25, 0.3) is 5.91 Å². The molecule has 0 spiro atoms. The fraction of sp³-hybridized carbons (Fsp3) is 0.611. The summed E-state index contributed by atoms with van der Waals surface area (Å²) in [5, 5.41) is 3.27. The summed E-state index contributed by atoms with van der Waals surface area (Å²) in [6.45, 7) is 4.79. The average Bonchev–Trinajstić information content (AvgIpc) is 2.93. The standard InChI is InChI=1S/C18H27N3O3S/c1-14-7-8-15(18(22)21-11-4-9-19-10-12-21)13-17(14)25(23,24)20-16-5-2-3-6-16/h7-8,13,16,19-20H,2-6,9-12H2,1H3. The second-order valence-electron chi connectivity index (χ2n) is 6.98. The van der Waals surface area contributed by atoms with Crippen molar-refractivity contribution in [1.82, 2.24) is 14.9 Å². The molecule has 1 saturated heterocycles. The molecule has 0 unspecified atom stereocenters. The first-order valence-corrected chi connectivity index (χ1v) is 10.6. The zero-order chi connectivity index (χ0) is 17.9. The molecule has 0 aromatic heterocycles. The molecule has 1 aliphatic heterocycles. The van der Waals surface area contributed by atoms with Crippen molar-refractivity contribution < 1.29 is 13.2 Å². The normalized spacial score (nSPS) is 19.8. The van der Waals surface area contributed by atoms with Crippen molar-refractivity contribution in [2.75, 3.05) is 26.2 Å². The Hall–Kier alpha value is -1.44. The highest BCUT2D eigenvalue weighted by Gasteiger charge is 2.26. The molecule has 2 aliphatic rings. The molecule has 0 bridgehead atoms. The van der Waals surface area contributed by atoms with Gasteiger partial charge in [0.15, 0.2) is 0 Å². The molecule has 1 amide bonds. The van der Waals surface area contributed by atoms with Gasteiger partial charge < -0.3 is 10.2 Å². The van der Waals surface area contributed by atoms with Gasteiger partial charge in [0.05, 0.1) is 4.90 Å². The average molecular weight is 365 g/mol. The van der Waals surface area contributed by atoms with Crippen molar-refractivity contribution in [3.8, 4) is 0 Å². The van der Waals surface area contributed by atoms with Crippen LogP contribution in [0.1, 0.15) is 48.0 Å². The van der Waals surface area contributed by atoms with Gasteiger partial charge in [-0.05, 0) is 50.4 Å². The molecule has 1 aliphatic carbocycles. The fourth-order valence-corrected chi connectivity index (χ4v) is 5.16. The van der Waals surface area contributed by atoms with E-state index in [1.807, 2.05) is 0 Å². The highest BCUT2D eigenvalue weighted by molar-refractivity contribution is 7.89. The number of sulfonamides is 1. The van der Waals surface area contributed by atoms with Crippen molar-refractivity contribution in [2.24, 2.45) is 0 Å². The van der Waals surface area contributed by atoms with Crippen molar-refractivity contribution in [3.63, 3.8) is 0 Å². The van der Waals surface area contributed by atoms with Crippen LogP contribution < -0.4 is 10.0 Å². The first kappa shape index (κ1) is 18.4. The van der Waals surface area contributed by atoms with E-state index in [1.165, 1.54) is 6.07 Å². The molecular weight excluding hydrogens is 338 g/mol. The first-order valence-electron chi connectivity index (χ1n) is 9.10. The number of carbonyl (C=O) groups excluding carboxylic acids is 1. The molecule has 138 valence electrons. The molecule has 3 rings (SSSR count). The summed E-state index contributed by atoms with van der Waals surface area (Å²) in [6, 6.07) is 5.00. The minimum atomic E-state index is -3.60. The second kappa shape index (κ2) is 7.85. The number of amides is 1. The van der Waals surface area contributed by atoms with Crippen LogP contribution in [0.15, 0.2) is 23.1 Å². The molecule has 1 aromatic rings. The molecule has 1 heterocycles. The van der Waals surface area contributed by atoms with Crippen LogP contribution in [0.2, 0.25) is 0 Å². The van der Waals surface area contributed by atoms with Crippen LogP contribution in [0.3, 0.4) is 0 Å². The maximum absolute atomic E-state index is 12.8. The summed E-state index contributed by atoms with van der Waals surface area (Å²) in [7, 11) is -3.60. The Bertz CT molecular complexity index is 719. The quantitative estimate of drug-likeness (QED) is 0.850. The Labute approximate surface area is 150 Å². The van der Waals surface area contributed by atoms with Gasteiger partial charge in [-0.15, -0.1) is 0 Å². The van der Waals surface area contributed by atoms with E-state index in [9.17, 15) is 13.2 Å². The molecule has 1 saturated carbocycles. The topological polar surface area (TPSA) is 78.5 Å². The Morgan fingerprint density at radius 1 is 1.16 bits per heavy atom. The van der Waals surface area contributed by atoms with E-state index in [4.69, 9.17) is 0 Å². The summed E-state index contributed by atoms with van der Waals surface area (Å²) in [5.41, 5.74) is 1.11. The third-order valence-electron chi connectivity index (χ3n) is 5.03. The lowest BCUT2D eigenvalue weighted by molar-refractivity contribution is 0.0766. The Kier molecular flexibility index (Phi) is 5.76. The van der Waals surface area contributed by atoms with E-state index in [1.54, 1.807) is 24.0 Å². The van der Waals surface area contributed by atoms with Crippen LogP contribution in [0, 0.1) is 6.92 Å². The third kappa shape index (κ3) is 4.40. The van der Waals surface area contributed by atoms with Crippen LogP contribution >= 0.6 is 0 Å². The highest BCUT2D eigenvalue weighted by atomic mass is 32.2. The second-order valence-corrected chi connectivity index (χ2v) is 8.66. The highest BCUT2D eigenvalue weighted by Crippen LogP contribution is 2.23. The van der Waals surface area contributed by atoms with E-state index in [-0.39, 0.29) is 16.8 Å². The van der Waals surface area contributed by atoms with Crippen molar-refractivity contribution in [1.29, 1.82) is 0 Å². The van der Waals surface area contributed by atoms with Crippen molar-refractivity contribution in [3.05, 3.63) is 29.3 Å². The molecular formula is C18H27N3O3S. The predicted octanol–water partition coefficient (Wildman–Crippen LogP) is 1.65. The van der Waals surface area contributed by atoms with E-state index in [2.05, 4.69) is 10.0 Å². The number of rotatable bonds is 4. The number of nitrogens with zero attached hydrogens (tertiary/aromatic N) is 1. The van der Waals surface area contributed by atoms with Gasteiger partial charge in [-0.25, -0.2) is 13.1 Å². The Balaban J connectivity index is 1.83. The van der Waals surface area contributed by atoms with Crippen LogP contribution in [-0.2, 0) is 10.0 Å². The fourth-order valence-electron chi connectivity index (χ4n) is 3.58. The molecule has 1 aromatic carbocycles. The molecule has 2 fully saturated rings. The lowest BCUT2D eigenvalue weighted by atomic mass is 10.1. The summed E-state index contributed by atoms with van der Waals surface area (Å²) in [4.78, 5) is 14.8. The minimum Gasteiger partial charge on any atom is -0.337 e. The first-order chi connectivity index (χ1) is 12.0. The predicted molar refractivity (Wildman–Crippen MR) is 97.1 cm³/mol. The molecule has 0 radical (unpaired) electrons. The van der Waals surface area contributed by atoms with Gasteiger partial charge in [-0.3, -0.25) is 4.79 Å². The molecule has 0 atom stereocenters. The number of benzene rings is 1. The van der Waals surface area contributed by atoms with Gasteiger partial charge >= 0.3 is 0 Å². The van der Waals surface area contributed by atoms with E-state index in [0.29, 0.717) is 24.2 Å². The summed E-state index contributed by atoms with van der Waals surface area (Å²) in [5.74, 6) is -0.0963. The van der Waals surface area contributed by atoms with Gasteiger partial charge in [-0.1, -0.05) is 18.9 Å². The molecule has 6 nitrogen and oxygen atoms in total. The van der Waals surface area contributed by atoms with Crippen LogP contribution in [0.25, 0.3) is 0 Å². The Morgan fingerprint density at radius 2 is 1.92 bits per heavy atom. The van der Waals surface area contributed by atoms with Crippen molar-refractivity contribution in [2.45, 2.75) is 50.0 Å². The molecule has 2 N–H and O–H groups in total.